The molecule has 5 atom stereocenters. The van der Waals surface area contributed by atoms with Crippen molar-refractivity contribution >= 4 is 11.9 Å². The highest BCUT2D eigenvalue weighted by molar-refractivity contribution is 5.70. The highest BCUT2D eigenvalue weighted by atomic mass is 16.7. The predicted octanol–water partition coefficient (Wildman–Crippen LogP) is 3.46. The standard InChI is InChI=1S/C25H32O8/c1-28-18-11-9-17(10-12-18)15-30-25-22-14-13-21(32-22)20-6-4-5-19(31-20)16-29-23(26)7-2-3-8-24(27)33-25/h4,6,9-12,19-22,25H,2-3,5,7-8,13-16H2,1H3/t19-,20+,21-,22-,25?/m1/s1. The molecule has 180 valence electrons. The molecule has 2 fully saturated rings. The first-order chi connectivity index (χ1) is 16.1. The molecule has 8 nitrogen and oxygen atoms in total. The average molecular weight is 461 g/mol. The molecular formula is C25H32O8. The third-order valence-corrected chi connectivity index (χ3v) is 6.09. The Morgan fingerprint density at radius 1 is 0.970 bits per heavy atom. The van der Waals surface area contributed by atoms with Gasteiger partial charge in [-0.1, -0.05) is 24.3 Å². The molecule has 8 heteroatoms. The molecule has 3 heterocycles. The minimum absolute atomic E-state index is 0.177. The van der Waals surface area contributed by atoms with E-state index in [1.807, 2.05) is 36.4 Å². The van der Waals surface area contributed by atoms with E-state index in [0.29, 0.717) is 25.7 Å². The van der Waals surface area contributed by atoms with Gasteiger partial charge in [0.05, 0.1) is 25.9 Å². The molecule has 0 aromatic heterocycles. The van der Waals surface area contributed by atoms with Crippen LogP contribution in [-0.2, 0) is 39.9 Å². The van der Waals surface area contributed by atoms with Crippen molar-refractivity contribution in [2.45, 2.75) is 82.3 Å². The fourth-order valence-corrected chi connectivity index (χ4v) is 4.24. The van der Waals surface area contributed by atoms with E-state index < -0.39 is 6.29 Å². The Labute approximate surface area is 194 Å². The molecule has 0 aliphatic carbocycles. The zero-order valence-corrected chi connectivity index (χ0v) is 19.0. The first-order valence-corrected chi connectivity index (χ1v) is 11.7. The summed E-state index contributed by atoms with van der Waals surface area (Å²) >= 11 is 0. The number of carbonyl (C=O) groups excluding carboxylic acids is 2. The lowest BCUT2D eigenvalue weighted by Gasteiger charge is -2.30. The van der Waals surface area contributed by atoms with Crippen molar-refractivity contribution in [1.29, 1.82) is 0 Å². The molecule has 0 saturated carbocycles. The zero-order valence-electron chi connectivity index (χ0n) is 19.0. The molecular weight excluding hydrogens is 428 g/mol. The molecule has 0 N–H and O–H groups in total. The van der Waals surface area contributed by atoms with Gasteiger partial charge in [0.15, 0.2) is 0 Å². The first-order valence-electron chi connectivity index (χ1n) is 11.7. The van der Waals surface area contributed by atoms with Crippen LogP contribution >= 0.6 is 0 Å². The topological polar surface area (TPSA) is 89.5 Å². The number of esters is 2. The van der Waals surface area contributed by atoms with Crippen molar-refractivity contribution in [3.63, 3.8) is 0 Å². The number of methoxy groups -OCH3 is 1. The second-order valence-corrected chi connectivity index (χ2v) is 8.58. The number of rotatable bonds is 4. The van der Waals surface area contributed by atoms with E-state index >= 15 is 0 Å². The van der Waals surface area contributed by atoms with Crippen LogP contribution in [0.3, 0.4) is 0 Å². The van der Waals surface area contributed by atoms with Gasteiger partial charge in [-0.3, -0.25) is 9.59 Å². The lowest BCUT2D eigenvalue weighted by Crippen LogP contribution is -2.39. The summed E-state index contributed by atoms with van der Waals surface area (Å²) in [6.45, 7) is 0.506. The Hall–Kier alpha value is -2.42. The van der Waals surface area contributed by atoms with Crippen LogP contribution in [0.5, 0.6) is 5.75 Å². The predicted molar refractivity (Wildman–Crippen MR) is 117 cm³/mol. The number of fused-ring (bicyclic) bond motifs is 5. The van der Waals surface area contributed by atoms with Crippen molar-refractivity contribution in [1.82, 2.24) is 0 Å². The maximum Gasteiger partial charge on any atom is 0.308 e. The second-order valence-electron chi connectivity index (χ2n) is 8.58. The SMILES string of the molecule is COc1ccc(COC2OC(=O)CCCCC(=O)OC[C@H]3CC=C[C@H](O3)[C@H]3CC[C@H]2O3)cc1. The summed E-state index contributed by atoms with van der Waals surface area (Å²) in [5, 5.41) is 0. The highest BCUT2D eigenvalue weighted by Gasteiger charge is 2.39. The number of benzene rings is 1. The molecule has 0 spiro atoms. The minimum Gasteiger partial charge on any atom is -0.497 e. The van der Waals surface area contributed by atoms with Crippen molar-refractivity contribution in [2.75, 3.05) is 13.7 Å². The molecule has 2 saturated heterocycles. The molecule has 1 unspecified atom stereocenters. The number of hydrogen-bond acceptors (Lipinski definition) is 8. The summed E-state index contributed by atoms with van der Waals surface area (Å²) in [5.41, 5.74) is 0.938. The van der Waals surface area contributed by atoms with Crippen molar-refractivity contribution < 1.29 is 38.0 Å². The Bertz CT molecular complexity index is 820. The summed E-state index contributed by atoms with van der Waals surface area (Å²) in [5.74, 6) is 0.124. The van der Waals surface area contributed by atoms with Crippen molar-refractivity contribution in [2.24, 2.45) is 0 Å². The third kappa shape index (κ3) is 6.79. The molecule has 0 radical (unpaired) electrons. The minimum atomic E-state index is -0.814. The summed E-state index contributed by atoms with van der Waals surface area (Å²) < 4.78 is 34.6. The summed E-state index contributed by atoms with van der Waals surface area (Å²) in [4.78, 5) is 24.5. The van der Waals surface area contributed by atoms with E-state index in [-0.39, 0.29) is 62.4 Å². The van der Waals surface area contributed by atoms with Crippen LogP contribution in [0, 0.1) is 0 Å². The summed E-state index contributed by atoms with van der Waals surface area (Å²) in [7, 11) is 1.62. The van der Waals surface area contributed by atoms with Gasteiger partial charge < -0.3 is 28.4 Å². The fourth-order valence-electron chi connectivity index (χ4n) is 4.24. The van der Waals surface area contributed by atoms with Gasteiger partial charge in [0.1, 0.15) is 24.6 Å². The van der Waals surface area contributed by atoms with E-state index in [4.69, 9.17) is 28.4 Å². The zero-order chi connectivity index (χ0) is 23.0. The molecule has 3 aliphatic rings. The van der Waals surface area contributed by atoms with Crippen LogP contribution in [0.2, 0.25) is 0 Å². The quantitative estimate of drug-likeness (QED) is 0.499. The molecule has 4 rings (SSSR count). The van der Waals surface area contributed by atoms with E-state index in [2.05, 4.69) is 0 Å². The van der Waals surface area contributed by atoms with E-state index in [1.54, 1.807) is 7.11 Å². The maximum absolute atomic E-state index is 12.5. The van der Waals surface area contributed by atoms with Gasteiger partial charge in [0.25, 0.3) is 0 Å². The van der Waals surface area contributed by atoms with Crippen LogP contribution in [0.1, 0.15) is 50.5 Å². The maximum atomic E-state index is 12.5. The fraction of sp³-hybridized carbons (Fsp3) is 0.600. The van der Waals surface area contributed by atoms with Crippen LogP contribution < -0.4 is 4.74 Å². The van der Waals surface area contributed by atoms with Gasteiger partial charge in [-0.15, -0.1) is 0 Å². The number of ether oxygens (including phenoxy) is 6. The number of hydrogen-bond donors (Lipinski definition) is 0. The Morgan fingerprint density at radius 3 is 2.52 bits per heavy atom. The van der Waals surface area contributed by atoms with Crippen LogP contribution in [0.15, 0.2) is 36.4 Å². The highest BCUT2D eigenvalue weighted by Crippen LogP contribution is 2.31. The van der Waals surface area contributed by atoms with Gasteiger partial charge in [-0.25, -0.2) is 0 Å². The third-order valence-electron chi connectivity index (χ3n) is 6.09. The van der Waals surface area contributed by atoms with Crippen molar-refractivity contribution in [3.8, 4) is 5.75 Å². The average Bonchev–Trinajstić information content (AvgIpc) is 3.33. The Balaban J connectivity index is 1.43. The molecule has 3 aliphatic heterocycles. The summed E-state index contributed by atoms with van der Waals surface area (Å²) in [6, 6.07) is 7.54. The van der Waals surface area contributed by atoms with Gasteiger partial charge in [-0.05, 0) is 49.8 Å². The van der Waals surface area contributed by atoms with E-state index in [0.717, 1.165) is 17.7 Å². The Kier molecular flexibility index (Phi) is 8.36. The lowest BCUT2D eigenvalue weighted by molar-refractivity contribution is -0.217. The second kappa shape index (κ2) is 11.6. The molecule has 0 amide bonds. The normalized spacial score (nSPS) is 31.0. The number of carbonyl (C=O) groups is 2. The molecule has 33 heavy (non-hydrogen) atoms. The summed E-state index contributed by atoms with van der Waals surface area (Å²) in [6.07, 6.45) is 5.98. The van der Waals surface area contributed by atoms with Gasteiger partial charge in [0.2, 0.25) is 6.29 Å². The molecule has 1 aromatic carbocycles. The smallest absolute Gasteiger partial charge is 0.308 e. The van der Waals surface area contributed by atoms with Crippen LogP contribution in [-0.4, -0.2) is 56.4 Å². The lowest BCUT2D eigenvalue weighted by atomic mass is 10.1. The van der Waals surface area contributed by atoms with Crippen molar-refractivity contribution in [3.05, 3.63) is 42.0 Å². The monoisotopic (exact) mass is 460 g/mol. The van der Waals surface area contributed by atoms with Gasteiger partial charge in [-0.2, -0.15) is 0 Å². The first kappa shape index (κ1) is 23.7. The van der Waals surface area contributed by atoms with Gasteiger partial charge >= 0.3 is 11.9 Å². The molecule has 1 aromatic rings. The van der Waals surface area contributed by atoms with E-state index in [9.17, 15) is 9.59 Å². The molecule has 4 bridgehead atoms. The van der Waals surface area contributed by atoms with Crippen LogP contribution in [0.4, 0.5) is 0 Å². The van der Waals surface area contributed by atoms with Crippen LogP contribution in [0.25, 0.3) is 0 Å². The largest absolute Gasteiger partial charge is 0.497 e. The van der Waals surface area contributed by atoms with Gasteiger partial charge in [0, 0.05) is 12.8 Å². The number of cyclic esters (lactones) is 2. The van der Waals surface area contributed by atoms with E-state index in [1.165, 1.54) is 0 Å². The Morgan fingerprint density at radius 2 is 1.73 bits per heavy atom.